The molecule has 0 bridgehead atoms. The summed E-state index contributed by atoms with van der Waals surface area (Å²) in [5.41, 5.74) is -1.69. The average molecular weight is 572 g/mol. The third-order valence-electron chi connectivity index (χ3n) is 3.06. The van der Waals surface area contributed by atoms with Crippen molar-refractivity contribution in [3.63, 3.8) is 0 Å². The summed E-state index contributed by atoms with van der Waals surface area (Å²) in [7, 11) is -11.4. The van der Waals surface area contributed by atoms with Crippen LogP contribution in [0.2, 0.25) is 0 Å². The Balaban J connectivity index is -0.000000376. The Hall–Kier alpha value is 3.61. The van der Waals surface area contributed by atoms with Gasteiger partial charge in [-0.3, -0.25) is 23.2 Å². The molecule has 1 aliphatic rings. The number of H-pyrrole nitrogens is 1. The fraction of sp³-hybridized carbons (Fsp3) is 0.556. The molecule has 1 fully saturated rings. The number of phosphoric ester groups is 1. The third-order valence-corrected chi connectivity index (χ3v) is 5.12. The SMILES string of the molecule is O.O.O.O=c1ccn([C@@H]2O[C@H](COP(=O)([O-])OP(=O)([O-])[O-])[C@@H](O)[C@H]2O)c(=O)[nH]1.[K+].[K+].[K+]. The summed E-state index contributed by atoms with van der Waals surface area (Å²) in [6, 6.07) is 0.938. The number of aromatic nitrogens is 2. The van der Waals surface area contributed by atoms with Crippen molar-refractivity contribution in [3.05, 3.63) is 33.1 Å². The Morgan fingerprint density at radius 2 is 1.58 bits per heavy atom. The van der Waals surface area contributed by atoms with Gasteiger partial charge >= 0.3 is 160 Å². The maximum Gasteiger partial charge on any atom is 1.00 e. The second-order valence-electron chi connectivity index (χ2n) is 4.84. The molecule has 17 nitrogen and oxygen atoms in total. The number of aliphatic hydroxyl groups is 2. The van der Waals surface area contributed by atoms with Crippen molar-refractivity contribution in [2.24, 2.45) is 0 Å². The predicted molar refractivity (Wildman–Crippen MR) is 80.3 cm³/mol. The first-order chi connectivity index (χ1) is 11.4. The molecule has 2 heterocycles. The normalized spacial score (nSPS) is 23.8. The molecule has 22 heteroatoms. The molecule has 31 heavy (non-hydrogen) atoms. The van der Waals surface area contributed by atoms with Crippen LogP contribution in [0.25, 0.3) is 0 Å². The van der Waals surface area contributed by atoms with E-state index >= 15 is 0 Å². The summed E-state index contributed by atoms with van der Waals surface area (Å²) in [5, 5.41) is 19.7. The van der Waals surface area contributed by atoms with E-state index in [9.17, 15) is 43.6 Å². The zero-order valence-corrected chi connectivity index (χ0v) is 27.6. The molecule has 1 aromatic rings. The van der Waals surface area contributed by atoms with Crippen LogP contribution in [0.4, 0.5) is 0 Å². The van der Waals surface area contributed by atoms with Crippen LogP contribution in [-0.2, 0) is 22.7 Å². The van der Waals surface area contributed by atoms with Crippen LogP contribution in [0.1, 0.15) is 6.23 Å². The summed E-state index contributed by atoms with van der Waals surface area (Å²) in [6.07, 6.45) is -5.51. The van der Waals surface area contributed by atoms with Gasteiger partial charge in [-0.15, -0.1) is 0 Å². The minimum absolute atomic E-state index is 0. The van der Waals surface area contributed by atoms with Gasteiger partial charge in [-0.1, -0.05) is 0 Å². The number of ether oxygens (including phenoxy) is 1. The van der Waals surface area contributed by atoms with Gasteiger partial charge in [0.1, 0.15) is 18.3 Å². The van der Waals surface area contributed by atoms with E-state index in [1.54, 1.807) is 0 Å². The number of phosphoric acid groups is 2. The molecule has 166 valence electrons. The number of hydrogen-bond acceptors (Lipinski definition) is 12. The third kappa shape index (κ3) is 14.2. The first-order valence-electron chi connectivity index (χ1n) is 6.42. The topological polar surface area (TPSA) is 321 Å². The van der Waals surface area contributed by atoms with Gasteiger partial charge in [0.05, 0.1) is 14.4 Å². The predicted octanol–water partition coefficient (Wildman–Crippen LogP) is -16.0. The second kappa shape index (κ2) is 18.8. The van der Waals surface area contributed by atoms with Crippen LogP contribution < -0.4 is 180 Å². The molecule has 2 rings (SSSR count). The minimum atomic E-state index is -5.88. The standard InChI is InChI=1S/C9H14N2O12P2.3K.3H2O/c12-5-1-2-11(9(15)10-5)8-7(14)6(13)4(22-8)3-21-25(19,20)23-24(16,17)18;;;;;;/h1-2,4,6-8,13-14H,3H2,(H,19,20)(H,10,12,15)(H2,16,17,18);;;;3*1H2/q;3*+1;;;/p-3/t4-,6-,7-,8-;;;;;;/m1....../s1. The Morgan fingerprint density at radius 3 is 2.03 bits per heavy atom. The molecule has 1 unspecified atom stereocenters. The monoisotopic (exact) mass is 572 g/mol. The van der Waals surface area contributed by atoms with E-state index < -0.39 is 58.0 Å². The Morgan fingerprint density at radius 1 is 1.06 bits per heavy atom. The van der Waals surface area contributed by atoms with Crippen molar-refractivity contribution < 1.29 is 218 Å². The zero-order valence-electron chi connectivity index (χ0n) is 16.5. The summed E-state index contributed by atoms with van der Waals surface area (Å²) < 4.78 is 34.6. The second-order valence-corrected chi connectivity index (χ2v) is 7.54. The smallest absolute Gasteiger partial charge is 0.790 e. The molecule has 5 atom stereocenters. The molecule has 9 N–H and O–H groups in total. The fourth-order valence-electron chi connectivity index (χ4n) is 2.04. The van der Waals surface area contributed by atoms with Gasteiger partial charge in [0.15, 0.2) is 6.23 Å². The molecule has 0 amide bonds. The number of aliphatic hydroxyl groups excluding tert-OH is 2. The molecule has 0 aromatic carbocycles. The van der Waals surface area contributed by atoms with Crippen molar-refractivity contribution in [1.29, 1.82) is 0 Å². The van der Waals surface area contributed by atoms with Crippen molar-refractivity contribution in [3.8, 4) is 0 Å². The van der Waals surface area contributed by atoms with E-state index in [4.69, 9.17) is 4.74 Å². The van der Waals surface area contributed by atoms with Crippen LogP contribution >= 0.6 is 15.6 Å². The number of rotatable bonds is 6. The van der Waals surface area contributed by atoms with E-state index in [1.807, 2.05) is 4.98 Å². The molecular formula is C9H17K3N2O15P2. The summed E-state index contributed by atoms with van der Waals surface area (Å²) in [5.74, 6) is 0. The molecule has 0 saturated carbocycles. The molecular weight excluding hydrogens is 555 g/mol. The van der Waals surface area contributed by atoms with Crippen LogP contribution in [0.5, 0.6) is 0 Å². The Bertz CT molecular complexity index is 846. The minimum Gasteiger partial charge on any atom is -0.790 e. The largest absolute Gasteiger partial charge is 1.00 e. The molecule has 1 aromatic heterocycles. The van der Waals surface area contributed by atoms with Gasteiger partial charge in [-0.25, -0.2) is 4.79 Å². The van der Waals surface area contributed by atoms with E-state index in [1.165, 1.54) is 0 Å². The maximum atomic E-state index is 11.6. The molecule has 1 saturated heterocycles. The summed E-state index contributed by atoms with van der Waals surface area (Å²) in [4.78, 5) is 56.2. The van der Waals surface area contributed by atoms with Gasteiger partial charge in [0, 0.05) is 12.3 Å². The zero-order chi connectivity index (χ0) is 19.0. The van der Waals surface area contributed by atoms with Gasteiger partial charge in [0.2, 0.25) is 0 Å². The van der Waals surface area contributed by atoms with Gasteiger partial charge in [-0.05, 0) is 0 Å². The molecule has 0 aliphatic carbocycles. The van der Waals surface area contributed by atoms with Crippen LogP contribution in [0.15, 0.2) is 21.9 Å². The fourth-order valence-corrected chi connectivity index (χ4v) is 3.53. The van der Waals surface area contributed by atoms with Crippen LogP contribution in [0.3, 0.4) is 0 Å². The van der Waals surface area contributed by atoms with Crippen molar-refractivity contribution in [2.75, 3.05) is 6.61 Å². The molecule has 0 spiro atoms. The van der Waals surface area contributed by atoms with Crippen LogP contribution in [-0.4, -0.2) is 61.1 Å². The number of nitrogens with zero attached hydrogens (tertiary/aromatic N) is 1. The van der Waals surface area contributed by atoms with E-state index in [-0.39, 0.29) is 171 Å². The Kier molecular flexibility index (Phi) is 27.0. The van der Waals surface area contributed by atoms with E-state index in [0.717, 1.165) is 16.8 Å². The van der Waals surface area contributed by atoms with Crippen molar-refractivity contribution in [1.82, 2.24) is 9.55 Å². The van der Waals surface area contributed by atoms with E-state index in [2.05, 4.69) is 8.83 Å². The quantitative estimate of drug-likeness (QED) is 0.211. The van der Waals surface area contributed by atoms with Gasteiger partial charge < -0.3 is 55.1 Å². The average Bonchev–Trinajstić information content (AvgIpc) is 2.71. The maximum absolute atomic E-state index is 11.6. The number of hydrogen-bond donors (Lipinski definition) is 3. The Labute approximate surface area is 301 Å². The first-order valence-corrected chi connectivity index (χ1v) is 9.34. The molecule has 0 radical (unpaired) electrons. The first kappa shape index (κ1) is 44.6. The van der Waals surface area contributed by atoms with Gasteiger partial charge in [0.25, 0.3) is 13.4 Å². The van der Waals surface area contributed by atoms with E-state index in [0.29, 0.717) is 0 Å². The molecule has 1 aliphatic heterocycles. The van der Waals surface area contributed by atoms with Crippen molar-refractivity contribution in [2.45, 2.75) is 24.5 Å². The number of aromatic amines is 1. The van der Waals surface area contributed by atoms with Crippen molar-refractivity contribution >= 4 is 15.6 Å². The summed E-state index contributed by atoms with van der Waals surface area (Å²) >= 11 is 0. The summed E-state index contributed by atoms with van der Waals surface area (Å²) in [6.45, 7) is -1.02. The van der Waals surface area contributed by atoms with Crippen LogP contribution in [0, 0.1) is 0 Å². The number of nitrogens with one attached hydrogen (secondary N) is 1. The van der Waals surface area contributed by atoms with Gasteiger partial charge in [-0.2, -0.15) is 0 Å².